The van der Waals surface area contributed by atoms with Crippen LogP contribution in [0.2, 0.25) is 10.0 Å². The van der Waals surface area contributed by atoms with E-state index in [1.165, 1.54) is 26.2 Å². The molecule has 128 valence electrons. The van der Waals surface area contributed by atoms with Crippen LogP contribution in [-0.4, -0.2) is 50.2 Å². The Kier molecular flexibility index (Phi) is 6.52. The molecule has 0 unspecified atom stereocenters. The largest absolute Gasteiger partial charge is 0.405 e. The Morgan fingerprint density at radius 2 is 1.83 bits per heavy atom. The van der Waals surface area contributed by atoms with Gasteiger partial charge in [-0.25, -0.2) is 4.79 Å². The normalized spacial score (nSPS) is 11.1. The first-order chi connectivity index (χ1) is 10.5. The number of hydrogen-bond donors (Lipinski definition) is 1. The van der Waals surface area contributed by atoms with Gasteiger partial charge in [-0.3, -0.25) is 9.69 Å². The Morgan fingerprint density at radius 3 is 2.39 bits per heavy atom. The summed E-state index contributed by atoms with van der Waals surface area (Å²) in [5.41, 5.74) is 0.312. The van der Waals surface area contributed by atoms with E-state index < -0.39 is 31.2 Å². The summed E-state index contributed by atoms with van der Waals surface area (Å²) >= 11 is 11.8. The van der Waals surface area contributed by atoms with Crippen LogP contribution in [0.3, 0.4) is 0 Å². The molecule has 1 rings (SSSR count). The quantitative estimate of drug-likeness (QED) is 0.883. The highest BCUT2D eigenvalue weighted by Crippen LogP contribution is 2.28. The molecule has 0 saturated carbocycles. The smallest absolute Gasteiger partial charge is 0.345 e. The fourth-order valence-electron chi connectivity index (χ4n) is 1.64. The maximum atomic E-state index is 12.2. The molecule has 0 atom stereocenters. The van der Waals surface area contributed by atoms with Crippen LogP contribution in [0.25, 0.3) is 0 Å². The minimum absolute atomic E-state index is 0.264. The fourth-order valence-corrected chi connectivity index (χ4v) is 2.05. The SMILES string of the molecule is CN(CC(=O)NCC(F)(F)F)C(=O)N(C)c1cc(Cl)ccc1Cl. The number of carbonyl (C=O) groups excluding carboxylic acids is 2. The van der Waals surface area contributed by atoms with Crippen molar-refractivity contribution < 1.29 is 22.8 Å². The van der Waals surface area contributed by atoms with Gasteiger partial charge in [0.2, 0.25) is 5.91 Å². The average molecular weight is 372 g/mol. The lowest BCUT2D eigenvalue weighted by Gasteiger charge is -2.25. The molecule has 1 aromatic rings. The molecule has 1 aromatic carbocycles. The van der Waals surface area contributed by atoms with Crippen molar-refractivity contribution in [3.05, 3.63) is 28.2 Å². The molecule has 0 spiro atoms. The van der Waals surface area contributed by atoms with Gasteiger partial charge in [-0.15, -0.1) is 0 Å². The highest BCUT2D eigenvalue weighted by molar-refractivity contribution is 6.35. The van der Waals surface area contributed by atoms with Crippen molar-refractivity contribution in [1.29, 1.82) is 0 Å². The Hall–Kier alpha value is -1.67. The summed E-state index contributed by atoms with van der Waals surface area (Å²) < 4.78 is 36.0. The lowest BCUT2D eigenvalue weighted by atomic mass is 10.3. The first-order valence-corrected chi connectivity index (χ1v) is 7.04. The third-order valence-corrected chi connectivity index (χ3v) is 3.30. The molecule has 10 heteroatoms. The number of amides is 3. The molecule has 0 radical (unpaired) electrons. The molecule has 3 amide bonds. The summed E-state index contributed by atoms with van der Waals surface area (Å²) in [5, 5.41) is 2.30. The molecule has 5 nitrogen and oxygen atoms in total. The van der Waals surface area contributed by atoms with Gasteiger partial charge < -0.3 is 10.2 Å². The number of nitrogens with one attached hydrogen (secondary N) is 1. The van der Waals surface area contributed by atoms with Crippen LogP contribution in [-0.2, 0) is 4.79 Å². The van der Waals surface area contributed by atoms with Gasteiger partial charge in [0.1, 0.15) is 13.1 Å². The maximum Gasteiger partial charge on any atom is 0.405 e. The first kappa shape index (κ1) is 19.4. The number of hydrogen-bond acceptors (Lipinski definition) is 2. The summed E-state index contributed by atoms with van der Waals surface area (Å²) in [6.45, 7) is -1.98. The van der Waals surface area contributed by atoms with Gasteiger partial charge in [0, 0.05) is 19.1 Å². The van der Waals surface area contributed by atoms with Gasteiger partial charge in [-0.05, 0) is 18.2 Å². The topological polar surface area (TPSA) is 52.7 Å². The molecular formula is C13H14Cl2F3N3O2. The lowest BCUT2D eigenvalue weighted by Crippen LogP contribution is -2.45. The second-order valence-corrected chi connectivity index (χ2v) is 5.53. The first-order valence-electron chi connectivity index (χ1n) is 6.28. The summed E-state index contributed by atoms with van der Waals surface area (Å²) in [4.78, 5) is 25.7. The third kappa shape index (κ3) is 6.15. The van der Waals surface area contributed by atoms with Crippen LogP contribution in [0, 0.1) is 0 Å². The van der Waals surface area contributed by atoms with E-state index in [-0.39, 0.29) is 5.02 Å². The number of benzene rings is 1. The number of halogens is 5. The molecule has 0 aliphatic rings. The number of urea groups is 1. The van der Waals surface area contributed by atoms with Crippen molar-refractivity contribution in [1.82, 2.24) is 10.2 Å². The Balaban J connectivity index is 2.69. The average Bonchev–Trinajstić information content (AvgIpc) is 2.45. The summed E-state index contributed by atoms with van der Waals surface area (Å²) in [5.74, 6) is -0.927. The fraction of sp³-hybridized carbons (Fsp3) is 0.385. The van der Waals surface area contributed by atoms with Crippen LogP contribution in [0.5, 0.6) is 0 Å². The Bertz CT molecular complexity index is 596. The molecule has 0 bridgehead atoms. The second-order valence-electron chi connectivity index (χ2n) is 4.69. The molecule has 0 heterocycles. The van der Waals surface area contributed by atoms with Crippen LogP contribution >= 0.6 is 23.2 Å². The van der Waals surface area contributed by atoms with Crippen LogP contribution < -0.4 is 10.2 Å². The number of likely N-dealkylation sites (N-methyl/N-ethyl adjacent to an activating group) is 1. The molecule has 1 N–H and O–H groups in total. The highest BCUT2D eigenvalue weighted by atomic mass is 35.5. The maximum absolute atomic E-state index is 12.2. The Morgan fingerprint density at radius 1 is 1.22 bits per heavy atom. The van der Waals surface area contributed by atoms with E-state index in [0.29, 0.717) is 10.7 Å². The molecular weight excluding hydrogens is 358 g/mol. The Labute approximate surface area is 140 Å². The number of anilines is 1. The van der Waals surface area contributed by atoms with Crippen molar-refractivity contribution in [2.45, 2.75) is 6.18 Å². The standard InChI is InChI=1S/C13H14Cl2F3N3O2/c1-20(6-11(22)19-7-13(16,17)18)12(23)21(2)10-5-8(14)3-4-9(10)15/h3-5H,6-7H2,1-2H3,(H,19,22). The molecule has 23 heavy (non-hydrogen) atoms. The van der Waals surface area contributed by atoms with Crippen molar-refractivity contribution >= 4 is 40.8 Å². The predicted octanol–water partition coefficient (Wildman–Crippen LogP) is 3.16. The van der Waals surface area contributed by atoms with Crippen molar-refractivity contribution in [3.63, 3.8) is 0 Å². The molecule has 0 saturated heterocycles. The van der Waals surface area contributed by atoms with E-state index in [4.69, 9.17) is 23.2 Å². The lowest BCUT2D eigenvalue weighted by molar-refractivity contribution is -0.138. The van der Waals surface area contributed by atoms with Crippen molar-refractivity contribution in [3.8, 4) is 0 Å². The number of rotatable bonds is 4. The van der Waals surface area contributed by atoms with Crippen molar-refractivity contribution in [2.75, 3.05) is 32.1 Å². The molecule has 0 aromatic heterocycles. The van der Waals surface area contributed by atoms with E-state index >= 15 is 0 Å². The minimum atomic E-state index is -4.51. The predicted molar refractivity (Wildman–Crippen MR) is 82.0 cm³/mol. The summed E-state index contributed by atoms with van der Waals surface area (Å²) in [6, 6.07) is 3.87. The second kappa shape index (κ2) is 7.74. The van der Waals surface area contributed by atoms with E-state index in [9.17, 15) is 22.8 Å². The number of alkyl halides is 3. The third-order valence-electron chi connectivity index (χ3n) is 2.75. The molecule has 0 aliphatic heterocycles. The zero-order chi connectivity index (χ0) is 17.8. The summed E-state index contributed by atoms with van der Waals surface area (Å²) in [7, 11) is 2.69. The van der Waals surface area contributed by atoms with Crippen molar-refractivity contribution in [2.24, 2.45) is 0 Å². The monoisotopic (exact) mass is 371 g/mol. The van der Waals surface area contributed by atoms with Gasteiger partial charge in [0.05, 0.1) is 10.7 Å². The van der Waals surface area contributed by atoms with Crippen LogP contribution in [0.15, 0.2) is 18.2 Å². The van der Waals surface area contributed by atoms with Gasteiger partial charge in [0.15, 0.2) is 0 Å². The van der Waals surface area contributed by atoms with Gasteiger partial charge in [0.25, 0.3) is 0 Å². The minimum Gasteiger partial charge on any atom is -0.345 e. The zero-order valence-electron chi connectivity index (χ0n) is 12.2. The van der Waals surface area contributed by atoms with E-state index in [1.54, 1.807) is 11.4 Å². The zero-order valence-corrected chi connectivity index (χ0v) is 13.8. The van der Waals surface area contributed by atoms with Gasteiger partial charge >= 0.3 is 12.2 Å². The summed E-state index contributed by atoms with van der Waals surface area (Å²) in [6.07, 6.45) is -4.51. The van der Waals surface area contributed by atoms with E-state index in [0.717, 1.165) is 9.80 Å². The van der Waals surface area contributed by atoms with E-state index in [1.807, 2.05) is 0 Å². The molecule has 0 aliphatic carbocycles. The van der Waals surface area contributed by atoms with Gasteiger partial charge in [-0.1, -0.05) is 23.2 Å². The number of nitrogens with zero attached hydrogens (tertiary/aromatic N) is 2. The van der Waals surface area contributed by atoms with Crippen LogP contribution in [0.4, 0.5) is 23.7 Å². The molecule has 0 fully saturated rings. The number of carbonyl (C=O) groups is 2. The van der Waals surface area contributed by atoms with E-state index in [2.05, 4.69) is 0 Å². The van der Waals surface area contributed by atoms with Gasteiger partial charge in [-0.2, -0.15) is 13.2 Å². The van der Waals surface area contributed by atoms with Crippen LogP contribution in [0.1, 0.15) is 0 Å². The highest BCUT2D eigenvalue weighted by Gasteiger charge is 2.28.